The zero-order valence-electron chi connectivity index (χ0n) is 15.2. The maximum absolute atomic E-state index is 12.3. The molecule has 5 heteroatoms. The highest BCUT2D eigenvalue weighted by atomic mass is 16.5. The van der Waals surface area contributed by atoms with E-state index < -0.39 is 0 Å². The van der Waals surface area contributed by atoms with Crippen molar-refractivity contribution in [1.82, 2.24) is 0 Å². The van der Waals surface area contributed by atoms with Crippen molar-refractivity contribution in [2.24, 2.45) is 0 Å². The van der Waals surface area contributed by atoms with Crippen LogP contribution in [0.25, 0.3) is 0 Å². The normalized spacial score (nSPS) is 10.2. The molecule has 0 saturated carbocycles. The molecule has 0 unspecified atom stereocenters. The van der Waals surface area contributed by atoms with Gasteiger partial charge in [-0.1, -0.05) is 6.07 Å². The molecule has 0 aromatic heterocycles. The molecule has 5 nitrogen and oxygen atoms in total. The van der Waals surface area contributed by atoms with Crippen LogP contribution in [-0.4, -0.2) is 26.7 Å². The number of hydrogen-bond acceptors (Lipinski definition) is 4. The number of hydrogen-bond donors (Lipinski definition) is 1. The molecule has 25 heavy (non-hydrogen) atoms. The fourth-order valence-electron chi connectivity index (χ4n) is 2.55. The number of ether oxygens (including phenoxy) is 3. The van der Waals surface area contributed by atoms with Crippen LogP contribution in [0.4, 0.5) is 5.69 Å². The topological polar surface area (TPSA) is 56.8 Å². The van der Waals surface area contributed by atoms with Gasteiger partial charge in [0.15, 0.2) is 0 Å². The molecule has 1 amide bonds. The average molecular weight is 343 g/mol. The van der Waals surface area contributed by atoms with Gasteiger partial charge in [0.05, 0.1) is 26.5 Å². The fraction of sp³-hybridized carbons (Fsp3) is 0.350. The Kier molecular flexibility index (Phi) is 6.69. The van der Waals surface area contributed by atoms with E-state index in [0.29, 0.717) is 30.9 Å². The lowest BCUT2D eigenvalue weighted by Gasteiger charge is -2.13. The Bertz CT molecular complexity index is 728. The Morgan fingerprint density at radius 1 is 1.04 bits per heavy atom. The van der Waals surface area contributed by atoms with Gasteiger partial charge >= 0.3 is 0 Å². The minimum absolute atomic E-state index is 0.0744. The van der Waals surface area contributed by atoms with E-state index in [0.717, 1.165) is 22.6 Å². The first-order valence-corrected chi connectivity index (χ1v) is 8.31. The van der Waals surface area contributed by atoms with Gasteiger partial charge in [-0.2, -0.15) is 0 Å². The SMILES string of the molecule is CCOc1cc(C)ccc1NC(=O)CCc1cc(OC)ccc1OC. The number of carbonyl (C=O) groups excluding carboxylic acids is 1. The molecule has 0 atom stereocenters. The molecule has 0 aliphatic heterocycles. The second-order valence-corrected chi connectivity index (χ2v) is 5.66. The molecule has 1 N–H and O–H groups in total. The molecule has 0 radical (unpaired) electrons. The van der Waals surface area contributed by atoms with E-state index in [2.05, 4.69) is 5.32 Å². The van der Waals surface area contributed by atoms with Gasteiger partial charge in [-0.25, -0.2) is 0 Å². The van der Waals surface area contributed by atoms with E-state index in [4.69, 9.17) is 14.2 Å². The first kappa shape index (κ1) is 18.6. The lowest BCUT2D eigenvalue weighted by Crippen LogP contribution is -2.13. The molecule has 2 rings (SSSR count). The standard InChI is InChI=1S/C20H25NO4/c1-5-25-19-12-14(2)6-9-17(19)21-20(22)11-7-15-13-16(23-3)8-10-18(15)24-4/h6,8-10,12-13H,5,7,11H2,1-4H3,(H,21,22). The molecule has 0 spiro atoms. The van der Waals surface area contributed by atoms with E-state index >= 15 is 0 Å². The van der Waals surface area contributed by atoms with Gasteiger partial charge in [-0.3, -0.25) is 4.79 Å². The highest BCUT2D eigenvalue weighted by molar-refractivity contribution is 5.92. The zero-order valence-corrected chi connectivity index (χ0v) is 15.2. The summed E-state index contributed by atoms with van der Waals surface area (Å²) < 4.78 is 16.2. The van der Waals surface area contributed by atoms with Crippen LogP contribution in [0.2, 0.25) is 0 Å². The van der Waals surface area contributed by atoms with Crippen molar-refractivity contribution in [3.8, 4) is 17.2 Å². The first-order valence-electron chi connectivity index (χ1n) is 8.31. The molecular weight excluding hydrogens is 318 g/mol. The van der Waals surface area contributed by atoms with Crippen molar-refractivity contribution in [3.05, 3.63) is 47.5 Å². The smallest absolute Gasteiger partial charge is 0.224 e. The predicted molar refractivity (Wildman–Crippen MR) is 98.8 cm³/mol. The Morgan fingerprint density at radius 3 is 2.52 bits per heavy atom. The van der Waals surface area contributed by atoms with Crippen molar-refractivity contribution in [1.29, 1.82) is 0 Å². The van der Waals surface area contributed by atoms with E-state index in [-0.39, 0.29) is 5.91 Å². The third kappa shape index (κ3) is 5.14. The number of amides is 1. The lowest BCUT2D eigenvalue weighted by molar-refractivity contribution is -0.116. The number of nitrogens with one attached hydrogen (secondary N) is 1. The fourth-order valence-corrected chi connectivity index (χ4v) is 2.55. The van der Waals surface area contributed by atoms with Crippen molar-refractivity contribution in [2.75, 3.05) is 26.1 Å². The Morgan fingerprint density at radius 2 is 1.84 bits per heavy atom. The van der Waals surface area contributed by atoms with Crippen LogP contribution < -0.4 is 19.5 Å². The molecule has 0 bridgehead atoms. The lowest BCUT2D eigenvalue weighted by atomic mass is 10.1. The molecule has 0 fully saturated rings. The average Bonchev–Trinajstić information content (AvgIpc) is 2.62. The highest BCUT2D eigenvalue weighted by Crippen LogP contribution is 2.27. The number of aryl methyl sites for hydroxylation is 2. The zero-order chi connectivity index (χ0) is 18.2. The van der Waals surface area contributed by atoms with Crippen LogP contribution in [0, 0.1) is 6.92 Å². The summed E-state index contributed by atoms with van der Waals surface area (Å²) in [6, 6.07) is 11.3. The number of rotatable bonds is 8. The van der Waals surface area contributed by atoms with E-state index in [1.807, 2.05) is 50.2 Å². The van der Waals surface area contributed by atoms with Gasteiger partial charge in [0.25, 0.3) is 0 Å². The molecule has 0 aliphatic carbocycles. The molecule has 134 valence electrons. The van der Waals surface area contributed by atoms with Crippen molar-refractivity contribution in [3.63, 3.8) is 0 Å². The van der Waals surface area contributed by atoms with Crippen molar-refractivity contribution < 1.29 is 19.0 Å². The van der Waals surface area contributed by atoms with Crippen LogP contribution in [-0.2, 0) is 11.2 Å². The van der Waals surface area contributed by atoms with Crippen LogP contribution >= 0.6 is 0 Å². The summed E-state index contributed by atoms with van der Waals surface area (Å²) in [5, 5.41) is 2.92. The Hall–Kier alpha value is -2.69. The van der Waals surface area contributed by atoms with Crippen LogP contribution in [0.5, 0.6) is 17.2 Å². The molecule has 0 saturated heterocycles. The van der Waals surface area contributed by atoms with Crippen molar-refractivity contribution in [2.45, 2.75) is 26.7 Å². The van der Waals surface area contributed by atoms with Gasteiger partial charge in [-0.05, 0) is 61.7 Å². The largest absolute Gasteiger partial charge is 0.497 e. The van der Waals surface area contributed by atoms with Crippen LogP contribution in [0.3, 0.4) is 0 Å². The Balaban J connectivity index is 2.04. The second kappa shape index (κ2) is 8.97. The summed E-state index contributed by atoms with van der Waals surface area (Å²) in [6.07, 6.45) is 0.894. The summed E-state index contributed by atoms with van der Waals surface area (Å²) in [7, 11) is 3.23. The Labute approximate surface area is 148 Å². The summed E-state index contributed by atoms with van der Waals surface area (Å²) in [4.78, 5) is 12.3. The summed E-state index contributed by atoms with van der Waals surface area (Å²) in [5.41, 5.74) is 2.71. The van der Waals surface area contributed by atoms with Crippen molar-refractivity contribution >= 4 is 11.6 Å². The second-order valence-electron chi connectivity index (χ2n) is 5.66. The predicted octanol–water partition coefficient (Wildman–Crippen LogP) is 3.98. The van der Waals surface area contributed by atoms with Gasteiger partial charge in [0.2, 0.25) is 5.91 Å². The minimum Gasteiger partial charge on any atom is -0.497 e. The maximum Gasteiger partial charge on any atom is 0.224 e. The quantitative estimate of drug-likeness (QED) is 0.787. The molecular formula is C20H25NO4. The molecule has 2 aromatic carbocycles. The molecule has 0 aliphatic rings. The first-order chi connectivity index (χ1) is 12.1. The summed E-state index contributed by atoms with van der Waals surface area (Å²) in [5.74, 6) is 2.11. The van der Waals surface area contributed by atoms with Gasteiger partial charge in [0, 0.05) is 6.42 Å². The number of methoxy groups -OCH3 is 2. The monoisotopic (exact) mass is 343 g/mol. The highest BCUT2D eigenvalue weighted by Gasteiger charge is 2.11. The van der Waals surface area contributed by atoms with Gasteiger partial charge < -0.3 is 19.5 Å². The summed E-state index contributed by atoms with van der Waals surface area (Å²) in [6.45, 7) is 4.46. The maximum atomic E-state index is 12.3. The number of benzene rings is 2. The minimum atomic E-state index is -0.0744. The van der Waals surface area contributed by atoms with E-state index in [1.165, 1.54) is 0 Å². The molecule has 0 heterocycles. The van der Waals surface area contributed by atoms with Gasteiger partial charge in [-0.15, -0.1) is 0 Å². The van der Waals surface area contributed by atoms with E-state index in [9.17, 15) is 4.79 Å². The van der Waals surface area contributed by atoms with Crippen LogP contribution in [0.1, 0.15) is 24.5 Å². The van der Waals surface area contributed by atoms with Gasteiger partial charge in [0.1, 0.15) is 17.2 Å². The van der Waals surface area contributed by atoms with E-state index in [1.54, 1.807) is 14.2 Å². The third-order valence-electron chi connectivity index (χ3n) is 3.82. The number of carbonyl (C=O) groups is 1. The number of anilines is 1. The molecule has 2 aromatic rings. The van der Waals surface area contributed by atoms with Crippen LogP contribution in [0.15, 0.2) is 36.4 Å². The summed E-state index contributed by atoms with van der Waals surface area (Å²) >= 11 is 0. The third-order valence-corrected chi connectivity index (χ3v) is 3.82.